The van der Waals surface area contributed by atoms with Crippen LogP contribution in [0.1, 0.15) is 76.3 Å². The third-order valence-electron chi connectivity index (χ3n) is 11.6. The van der Waals surface area contributed by atoms with Gasteiger partial charge in [0.05, 0.1) is 35.7 Å². The van der Waals surface area contributed by atoms with E-state index >= 15 is 0 Å². The second kappa shape index (κ2) is 18.2. The fraction of sp³-hybridized carbons (Fsp3) is 0.676. The van der Waals surface area contributed by atoms with Gasteiger partial charge in [-0.1, -0.05) is 26.0 Å². The summed E-state index contributed by atoms with van der Waals surface area (Å²) in [6, 6.07) is 12.1. The van der Waals surface area contributed by atoms with Crippen LogP contribution < -0.4 is 10.6 Å². The molecule has 2 aliphatic carbocycles. The highest BCUT2D eigenvalue weighted by molar-refractivity contribution is 6.60. The van der Waals surface area contributed by atoms with Crippen molar-refractivity contribution in [2.75, 3.05) is 53.3 Å². The highest BCUT2D eigenvalue weighted by Crippen LogP contribution is 2.41. The molecule has 2 fully saturated rings. The van der Waals surface area contributed by atoms with Gasteiger partial charge in [0.2, 0.25) is 0 Å². The summed E-state index contributed by atoms with van der Waals surface area (Å²) in [7, 11) is 4.39. The van der Waals surface area contributed by atoms with Crippen molar-refractivity contribution >= 4 is 29.0 Å². The van der Waals surface area contributed by atoms with E-state index in [9.17, 15) is 20.4 Å². The predicted molar refractivity (Wildman–Crippen MR) is 202 cm³/mol. The van der Waals surface area contributed by atoms with Gasteiger partial charge in [-0.05, 0) is 98.6 Å². The fourth-order valence-electron chi connectivity index (χ4n) is 7.84. The van der Waals surface area contributed by atoms with Gasteiger partial charge in [-0.25, -0.2) is 0 Å². The summed E-state index contributed by atoms with van der Waals surface area (Å²) in [6.07, 6.45) is 5.22. The molecule has 2 aromatic carbocycles. The third-order valence-corrected chi connectivity index (χ3v) is 17.1. The Balaban J connectivity index is 1.40. The molecule has 0 heterocycles. The SMILES string of the molecule is CO[Si](CCC1CCC(Nc2cc(C(C)(C)c3ccc(O)c(NC4CCC(CC[Si](OC)(OC)OC)CC4O)c3)ccc2O)C(O)C1)(OC)OC. The Hall–Kier alpha value is -2.25. The molecule has 0 radical (unpaired) electrons. The number of aliphatic hydroxyl groups excluding tert-OH is 2. The number of phenolic OH excluding ortho intramolecular Hbond substituents is 2. The fourth-order valence-corrected chi connectivity index (χ4v) is 11.6. The maximum Gasteiger partial charge on any atom is 0.500 e. The highest BCUT2D eigenvalue weighted by atomic mass is 28.4. The van der Waals surface area contributed by atoms with Crippen molar-refractivity contribution in [1.82, 2.24) is 0 Å². The van der Waals surface area contributed by atoms with Crippen LogP contribution in [0, 0.1) is 11.8 Å². The predicted octanol–water partition coefficient (Wildman–Crippen LogP) is 5.84. The highest BCUT2D eigenvalue weighted by Gasteiger charge is 2.41. The molecule has 6 N–H and O–H groups in total. The molecule has 0 aliphatic heterocycles. The normalized spacial score (nSPS) is 24.7. The van der Waals surface area contributed by atoms with Crippen LogP contribution in [0.5, 0.6) is 11.5 Å². The van der Waals surface area contributed by atoms with Gasteiger partial charge in [0, 0.05) is 60.2 Å². The van der Waals surface area contributed by atoms with Crippen LogP contribution in [0.3, 0.4) is 0 Å². The van der Waals surface area contributed by atoms with Gasteiger partial charge in [-0.15, -0.1) is 0 Å². The lowest BCUT2D eigenvalue weighted by molar-refractivity contribution is 0.0813. The Morgan fingerprint density at radius 3 is 1.27 bits per heavy atom. The van der Waals surface area contributed by atoms with E-state index in [4.69, 9.17) is 26.6 Å². The third kappa shape index (κ3) is 10.0. The van der Waals surface area contributed by atoms with Gasteiger partial charge < -0.3 is 57.6 Å². The molecule has 51 heavy (non-hydrogen) atoms. The van der Waals surface area contributed by atoms with E-state index in [1.165, 1.54) is 0 Å². The second-order valence-electron chi connectivity index (χ2n) is 14.8. The van der Waals surface area contributed by atoms with Crippen molar-refractivity contribution in [2.24, 2.45) is 11.8 Å². The largest absolute Gasteiger partial charge is 0.506 e. The number of aromatic hydroxyl groups is 2. The standard InChI is InChI=1S/C37H62N2O10Si2/c1-37(2,27-11-15-33(40)31(23-27)38-29-13-9-25(21-35(29)42)17-19-50(44-3,45-4)46-5)28-12-16-34(41)32(24-28)39-30-14-10-26(22-36(30)43)18-20-51(47-6,48-7)49-8/h11-12,15-16,23-26,29-30,35-36,38-43H,9-10,13-14,17-22H2,1-8H3. The summed E-state index contributed by atoms with van der Waals surface area (Å²) >= 11 is 0. The first kappa shape index (κ1) is 41.5. The van der Waals surface area contributed by atoms with Crippen LogP contribution in [0.2, 0.25) is 12.1 Å². The first-order valence-corrected chi connectivity index (χ1v) is 22.0. The van der Waals surface area contributed by atoms with Crippen molar-refractivity contribution in [3.05, 3.63) is 47.5 Å². The lowest BCUT2D eigenvalue weighted by Gasteiger charge is -2.36. The Morgan fingerprint density at radius 2 is 0.961 bits per heavy atom. The van der Waals surface area contributed by atoms with Crippen LogP contribution in [0.25, 0.3) is 0 Å². The van der Waals surface area contributed by atoms with Gasteiger partial charge >= 0.3 is 17.6 Å². The Kier molecular flexibility index (Phi) is 14.8. The van der Waals surface area contributed by atoms with E-state index in [0.29, 0.717) is 48.1 Å². The molecule has 0 bridgehead atoms. The summed E-state index contributed by atoms with van der Waals surface area (Å²) in [5.41, 5.74) is 2.58. The topological polar surface area (TPSA) is 160 Å². The van der Waals surface area contributed by atoms with Crippen LogP contribution in [0.4, 0.5) is 11.4 Å². The summed E-state index contributed by atoms with van der Waals surface area (Å²) < 4.78 is 33.4. The molecule has 4 rings (SSSR count). The molecule has 0 spiro atoms. The molecule has 14 heteroatoms. The summed E-state index contributed by atoms with van der Waals surface area (Å²) in [5.74, 6) is 0.897. The minimum Gasteiger partial charge on any atom is -0.506 e. The molecule has 0 amide bonds. The molecular formula is C37H62N2O10Si2. The maximum absolute atomic E-state index is 11.1. The molecule has 2 saturated carbocycles. The van der Waals surface area contributed by atoms with Crippen molar-refractivity contribution in [1.29, 1.82) is 0 Å². The van der Waals surface area contributed by atoms with Crippen molar-refractivity contribution < 1.29 is 47.0 Å². The smallest absolute Gasteiger partial charge is 0.500 e. The van der Waals surface area contributed by atoms with Crippen molar-refractivity contribution in [3.8, 4) is 11.5 Å². The Morgan fingerprint density at radius 1 is 0.608 bits per heavy atom. The second-order valence-corrected chi connectivity index (χ2v) is 20.9. The molecule has 6 atom stereocenters. The summed E-state index contributed by atoms with van der Waals surface area (Å²) in [6.45, 7) is 4.21. The van der Waals surface area contributed by atoms with E-state index < -0.39 is 35.2 Å². The quantitative estimate of drug-likeness (QED) is 0.0799. The number of nitrogens with one attached hydrogen (secondary N) is 2. The van der Waals surface area contributed by atoms with E-state index in [1.807, 2.05) is 24.3 Å². The van der Waals surface area contributed by atoms with E-state index in [1.54, 1.807) is 54.8 Å². The molecule has 0 saturated heterocycles. The van der Waals surface area contributed by atoms with Gasteiger partial charge in [0.25, 0.3) is 0 Å². The number of rotatable bonds is 18. The zero-order valence-electron chi connectivity index (χ0n) is 31.7. The minimum absolute atomic E-state index is 0.122. The van der Waals surface area contributed by atoms with Gasteiger partial charge in [0.1, 0.15) is 11.5 Å². The number of hydrogen-bond acceptors (Lipinski definition) is 12. The van der Waals surface area contributed by atoms with E-state index in [2.05, 4.69) is 24.5 Å². The monoisotopic (exact) mass is 750 g/mol. The first-order chi connectivity index (χ1) is 24.3. The minimum atomic E-state index is -2.67. The van der Waals surface area contributed by atoms with Crippen LogP contribution >= 0.6 is 0 Å². The van der Waals surface area contributed by atoms with E-state index in [-0.39, 0.29) is 23.6 Å². The van der Waals surface area contributed by atoms with E-state index in [0.717, 1.165) is 49.7 Å². The summed E-state index contributed by atoms with van der Waals surface area (Å²) in [5, 5.41) is 50.8. The first-order valence-electron chi connectivity index (χ1n) is 18.1. The lowest BCUT2D eigenvalue weighted by atomic mass is 9.77. The van der Waals surface area contributed by atoms with Gasteiger partial charge in [-0.3, -0.25) is 0 Å². The molecule has 2 aliphatic rings. The number of hydrogen-bond donors (Lipinski definition) is 6. The molecule has 288 valence electrons. The van der Waals surface area contributed by atoms with Crippen molar-refractivity contribution in [2.45, 2.75) is 107 Å². The Bertz CT molecular complexity index is 1280. The molecule has 2 aromatic rings. The van der Waals surface area contributed by atoms with Gasteiger partial charge in [-0.2, -0.15) is 0 Å². The zero-order chi connectivity index (χ0) is 37.4. The van der Waals surface area contributed by atoms with Gasteiger partial charge in [0.15, 0.2) is 0 Å². The average molecular weight is 751 g/mol. The number of aliphatic hydroxyl groups is 2. The van der Waals surface area contributed by atoms with Crippen LogP contribution in [0.15, 0.2) is 36.4 Å². The molecule has 0 aromatic heterocycles. The number of benzene rings is 2. The lowest BCUT2D eigenvalue weighted by Crippen LogP contribution is -2.44. The number of phenols is 2. The average Bonchev–Trinajstić information content (AvgIpc) is 3.13. The van der Waals surface area contributed by atoms with Crippen molar-refractivity contribution in [3.63, 3.8) is 0 Å². The molecular weight excluding hydrogens is 689 g/mol. The van der Waals surface area contributed by atoms with Crippen LogP contribution in [-0.4, -0.2) is 105 Å². The Labute approximate surface area is 306 Å². The number of anilines is 2. The molecule has 12 nitrogen and oxygen atoms in total. The zero-order valence-corrected chi connectivity index (χ0v) is 33.7. The summed E-state index contributed by atoms with van der Waals surface area (Å²) in [4.78, 5) is 0. The molecule has 6 unspecified atom stereocenters. The van der Waals surface area contributed by atoms with Crippen LogP contribution in [-0.2, 0) is 32.0 Å². The maximum atomic E-state index is 11.1.